The van der Waals surface area contributed by atoms with Gasteiger partial charge in [0.2, 0.25) is 11.8 Å². The minimum absolute atomic E-state index is 0.133. The number of ether oxygens (including phenoxy) is 1. The van der Waals surface area contributed by atoms with Crippen LogP contribution in [0.3, 0.4) is 0 Å². The van der Waals surface area contributed by atoms with E-state index in [1.54, 1.807) is 29.2 Å². The molecule has 1 aliphatic rings. The Kier molecular flexibility index (Phi) is 9.47. The summed E-state index contributed by atoms with van der Waals surface area (Å²) in [5.41, 5.74) is 4.48. The molecule has 1 aromatic heterocycles. The molecule has 0 saturated carbocycles. The molecule has 0 bridgehead atoms. The topological polar surface area (TPSA) is 74.8 Å². The Morgan fingerprint density at radius 2 is 1.82 bits per heavy atom. The van der Waals surface area contributed by atoms with Gasteiger partial charge in [0.15, 0.2) is 0 Å². The van der Waals surface area contributed by atoms with Gasteiger partial charge in [-0.15, -0.1) is 11.3 Å². The highest BCUT2D eigenvalue weighted by Gasteiger charge is 2.26. The first-order chi connectivity index (χ1) is 18.4. The van der Waals surface area contributed by atoms with E-state index in [4.69, 9.17) is 9.72 Å². The number of hydrogen-bond donors (Lipinski definition) is 1. The lowest BCUT2D eigenvalue weighted by Gasteiger charge is -2.31. The molecule has 4 rings (SSSR count). The summed E-state index contributed by atoms with van der Waals surface area (Å²) in [5.74, 6) is -0.656. The monoisotopic (exact) mass is 538 g/mol. The van der Waals surface area contributed by atoms with Crippen LogP contribution in [0.5, 0.6) is 0 Å². The fourth-order valence-electron chi connectivity index (χ4n) is 4.65. The number of likely N-dealkylation sites (tertiary alicyclic amines) is 1. The fourth-order valence-corrected chi connectivity index (χ4v) is 5.65. The average Bonchev–Trinajstić information content (AvgIpc) is 3.42. The Morgan fingerprint density at radius 3 is 2.50 bits per heavy atom. The lowest BCUT2D eigenvalue weighted by Crippen LogP contribution is -2.40. The molecule has 9 heteroatoms. The minimum Gasteiger partial charge on any atom is -0.372 e. The molecular formula is C29H35FN4O3S. The first kappa shape index (κ1) is 27.7. The number of piperidine rings is 1. The van der Waals surface area contributed by atoms with E-state index >= 15 is 0 Å². The number of aromatic nitrogens is 1. The van der Waals surface area contributed by atoms with Gasteiger partial charge in [-0.1, -0.05) is 18.2 Å². The number of benzene rings is 2. The van der Waals surface area contributed by atoms with Crippen molar-refractivity contribution >= 4 is 34.5 Å². The largest absolute Gasteiger partial charge is 0.372 e. The van der Waals surface area contributed by atoms with Gasteiger partial charge in [0.05, 0.1) is 10.7 Å². The van der Waals surface area contributed by atoms with Gasteiger partial charge in [0.1, 0.15) is 19.0 Å². The van der Waals surface area contributed by atoms with E-state index in [1.807, 2.05) is 0 Å². The molecule has 0 unspecified atom stereocenters. The number of aryl methyl sites for hydroxylation is 1. The maximum atomic E-state index is 13.4. The molecule has 2 heterocycles. The summed E-state index contributed by atoms with van der Waals surface area (Å²) in [4.78, 5) is 33.7. The standard InChI is InChI=1S/C29H35FN4O3S/c1-4-33(5-2)24-10-7-21(8-11-24)26-19-38-29(32-26)22-12-14-34(15-13-22)28(36)18-37-17-27(35)31-25-16-23(30)9-6-20(25)3/h6-11,16,19,22H,4-5,12-15,17-18H2,1-3H3,(H,31,35). The van der Waals surface area contributed by atoms with Crippen molar-refractivity contribution in [2.24, 2.45) is 0 Å². The third-order valence-electron chi connectivity index (χ3n) is 6.94. The Hall–Kier alpha value is -3.30. The summed E-state index contributed by atoms with van der Waals surface area (Å²) < 4.78 is 18.7. The van der Waals surface area contributed by atoms with Gasteiger partial charge in [-0.3, -0.25) is 9.59 Å². The van der Waals surface area contributed by atoms with Crippen LogP contribution in [0.4, 0.5) is 15.8 Å². The number of hydrogen-bond acceptors (Lipinski definition) is 6. The highest BCUT2D eigenvalue weighted by Crippen LogP contribution is 2.33. The predicted molar refractivity (Wildman–Crippen MR) is 150 cm³/mol. The van der Waals surface area contributed by atoms with Gasteiger partial charge in [0.25, 0.3) is 0 Å². The summed E-state index contributed by atoms with van der Waals surface area (Å²) in [7, 11) is 0. The van der Waals surface area contributed by atoms with Crippen molar-refractivity contribution in [1.29, 1.82) is 0 Å². The molecule has 0 atom stereocenters. The van der Waals surface area contributed by atoms with Crippen LogP contribution in [0.2, 0.25) is 0 Å². The third kappa shape index (κ3) is 6.96. The number of nitrogens with one attached hydrogen (secondary N) is 1. The van der Waals surface area contributed by atoms with E-state index in [9.17, 15) is 14.0 Å². The molecule has 0 spiro atoms. The molecule has 2 aromatic carbocycles. The van der Waals surface area contributed by atoms with Gasteiger partial charge in [-0.05, 0) is 63.4 Å². The summed E-state index contributed by atoms with van der Waals surface area (Å²) in [6.45, 7) is 8.90. The van der Waals surface area contributed by atoms with Crippen LogP contribution in [0.15, 0.2) is 47.8 Å². The molecular weight excluding hydrogens is 503 g/mol. The van der Waals surface area contributed by atoms with E-state index in [0.717, 1.165) is 47.8 Å². The van der Waals surface area contributed by atoms with Crippen molar-refractivity contribution in [2.45, 2.75) is 39.5 Å². The smallest absolute Gasteiger partial charge is 0.250 e. The number of amides is 2. The van der Waals surface area contributed by atoms with Crippen molar-refractivity contribution in [3.63, 3.8) is 0 Å². The van der Waals surface area contributed by atoms with Crippen molar-refractivity contribution in [3.05, 3.63) is 64.2 Å². The predicted octanol–water partition coefficient (Wildman–Crippen LogP) is 5.47. The van der Waals surface area contributed by atoms with Crippen LogP contribution in [0, 0.1) is 12.7 Å². The molecule has 7 nitrogen and oxygen atoms in total. The van der Waals surface area contributed by atoms with Gasteiger partial charge in [-0.25, -0.2) is 9.37 Å². The second kappa shape index (κ2) is 13.0. The summed E-state index contributed by atoms with van der Waals surface area (Å²) in [5, 5.41) is 5.84. The molecule has 2 amide bonds. The second-order valence-corrected chi connectivity index (χ2v) is 10.3. The zero-order valence-electron chi connectivity index (χ0n) is 22.2. The van der Waals surface area contributed by atoms with E-state index < -0.39 is 11.7 Å². The van der Waals surface area contributed by atoms with Crippen LogP contribution in [-0.2, 0) is 14.3 Å². The molecule has 1 saturated heterocycles. The number of carbonyl (C=O) groups is 2. The Labute approximate surface area is 227 Å². The SMILES string of the molecule is CCN(CC)c1ccc(-c2csc(C3CCN(C(=O)COCC(=O)Nc4cc(F)ccc4C)CC3)n2)cc1. The highest BCUT2D eigenvalue weighted by molar-refractivity contribution is 7.10. The van der Waals surface area contributed by atoms with E-state index in [-0.39, 0.29) is 19.1 Å². The zero-order chi connectivity index (χ0) is 27.1. The molecule has 1 N–H and O–H groups in total. The number of thiazole rings is 1. The Bertz CT molecular complexity index is 1230. The van der Waals surface area contributed by atoms with Crippen LogP contribution in [-0.4, -0.2) is 61.1 Å². The van der Waals surface area contributed by atoms with Crippen LogP contribution < -0.4 is 10.2 Å². The normalized spacial score (nSPS) is 13.9. The first-order valence-corrected chi connectivity index (χ1v) is 14.0. The Morgan fingerprint density at radius 1 is 1.11 bits per heavy atom. The molecule has 202 valence electrons. The summed E-state index contributed by atoms with van der Waals surface area (Å²) >= 11 is 1.68. The van der Waals surface area contributed by atoms with Gasteiger partial charge < -0.3 is 19.9 Å². The quantitative estimate of drug-likeness (QED) is 0.371. The van der Waals surface area contributed by atoms with Gasteiger partial charge >= 0.3 is 0 Å². The first-order valence-electron chi connectivity index (χ1n) is 13.1. The lowest BCUT2D eigenvalue weighted by atomic mass is 9.97. The third-order valence-corrected chi connectivity index (χ3v) is 7.95. The second-order valence-electron chi connectivity index (χ2n) is 9.45. The fraction of sp³-hybridized carbons (Fsp3) is 0.414. The number of halogens is 1. The molecule has 3 aromatic rings. The van der Waals surface area contributed by atoms with Crippen molar-refractivity contribution in [3.8, 4) is 11.3 Å². The van der Waals surface area contributed by atoms with Crippen molar-refractivity contribution in [2.75, 3.05) is 49.6 Å². The van der Waals surface area contributed by atoms with E-state index in [1.165, 1.54) is 17.8 Å². The number of nitrogens with zero attached hydrogens (tertiary/aromatic N) is 3. The number of carbonyl (C=O) groups excluding carboxylic acids is 2. The van der Waals surface area contributed by atoms with Crippen LogP contribution in [0.25, 0.3) is 11.3 Å². The summed E-state index contributed by atoms with van der Waals surface area (Å²) in [6.07, 6.45) is 1.69. The van der Waals surface area contributed by atoms with E-state index in [2.05, 4.69) is 53.7 Å². The zero-order valence-corrected chi connectivity index (χ0v) is 23.0. The van der Waals surface area contributed by atoms with Crippen molar-refractivity contribution < 1.29 is 18.7 Å². The molecule has 38 heavy (non-hydrogen) atoms. The van der Waals surface area contributed by atoms with Crippen LogP contribution in [0.1, 0.15) is 43.2 Å². The molecule has 0 aliphatic carbocycles. The minimum atomic E-state index is -0.427. The molecule has 0 radical (unpaired) electrons. The maximum absolute atomic E-state index is 13.4. The van der Waals surface area contributed by atoms with Gasteiger partial charge in [0, 0.05) is 54.4 Å². The van der Waals surface area contributed by atoms with Gasteiger partial charge in [-0.2, -0.15) is 0 Å². The highest BCUT2D eigenvalue weighted by atomic mass is 32.1. The Balaban J connectivity index is 1.22. The maximum Gasteiger partial charge on any atom is 0.250 e. The average molecular weight is 539 g/mol. The lowest BCUT2D eigenvalue weighted by molar-refractivity contribution is -0.138. The summed E-state index contributed by atoms with van der Waals surface area (Å²) in [6, 6.07) is 12.8. The van der Waals surface area contributed by atoms with Crippen LogP contribution >= 0.6 is 11.3 Å². The van der Waals surface area contributed by atoms with Crippen molar-refractivity contribution in [1.82, 2.24) is 9.88 Å². The number of anilines is 2. The molecule has 1 aliphatic heterocycles. The number of rotatable bonds is 10. The molecule has 1 fully saturated rings. The van der Waals surface area contributed by atoms with E-state index in [0.29, 0.717) is 24.7 Å².